The molecule has 0 saturated carbocycles. The summed E-state index contributed by atoms with van der Waals surface area (Å²) in [6, 6.07) is 17.3. The van der Waals surface area contributed by atoms with E-state index >= 15 is 0 Å². The van der Waals surface area contributed by atoms with Crippen molar-refractivity contribution in [1.82, 2.24) is 4.90 Å². The second-order valence-electron chi connectivity index (χ2n) is 8.62. The lowest BCUT2D eigenvalue weighted by Gasteiger charge is -2.33. The lowest BCUT2D eigenvalue weighted by atomic mass is 9.95. The van der Waals surface area contributed by atoms with Crippen molar-refractivity contribution in [2.75, 3.05) is 6.61 Å². The van der Waals surface area contributed by atoms with Crippen molar-refractivity contribution in [3.8, 4) is 0 Å². The summed E-state index contributed by atoms with van der Waals surface area (Å²) in [6.45, 7) is 8.33. The van der Waals surface area contributed by atoms with Crippen LogP contribution in [-0.4, -0.2) is 37.9 Å². The second-order valence-corrected chi connectivity index (χ2v) is 14.0. The van der Waals surface area contributed by atoms with Gasteiger partial charge in [0.05, 0.1) is 18.1 Å². The first-order valence-electron chi connectivity index (χ1n) is 10.1. The van der Waals surface area contributed by atoms with Gasteiger partial charge < -0.3 is 9.16 Å². The number of benzene rings is 2. The zero-order valence-corrected chi connectivity index (χ0v) is 20.4. The Balaban J connectivity index is 1.86. The molecule has 5 nitrogen and oxygen atoms in total. The van der Waals surface area contributed by atoms with Crippen LogP contribution in [-0.2, 0) is 20.4 Å². The summed E-state index contributed by atoms with van der Waals surface area (Å²) in [5.74, 6) is -0.795. The average molecular weight is 490 g/mol. The normalized spacial score (nSPS) is 18.8. The number of imide groups is 1. The van der Waals surface area contributed by atoms with Gasteiger partial charge in [-0.25, -0.2) is 9.69 Å². The van der Waals surface area contributed by atoms with Crippen LogP contribution in [0.25, 0.3) is 0 Å². The highest BCUT2D eigenvalue weighted by molar-refractivity contribution is 9.10. The lowest BCUT2D eigenvalue weighted by molar-refractivity contribution is -0.136. The van der Waals surface area contributed by atoms with E-state index < -0.39 is 26.4 Å². The molecule has 1 unspecified atom stereocenters. The Morgan fingerprint density at radius 2 is 1.90 bits per heavy atom. The van der Waals surface area contributed by atoms with Gasteiger partial charge in [-0.2, -0.15) is 0 Å². The fourth-order valence-corrected chi connectivity index (χ4v) is 5.16. The highest BCUT2D eigenvalue weighted by atomic mass is 79.9. The summed E-state index contributed by atoms with van der Waals surface area (Å²) >= 11 is 3.51. The molecule has 1 aliphatic heterocycles. The third-order valence-electron chi connectivity index (χ3n) is 5.01. The standard InChI is InChI=1S/C23H28BrNO4Si/c1-16(21(29-30(2,3)4)18-11-8-12-19(24)14-18)22(26)25-20(15-28-23(25)27)13-17-9-6-5-7-10-17/h5-12,14,16,20-21H,13,15H2,1-4H3/t16-,20?,21+/m1/s1. The van der Waals surface area contributed by atoms with Crippen molar-refractivity contribution in [2.24, 2.45) is 5.92 Å². The van der Waals surface area contributed by atoms with Gasteiger partial charge in [-0.1, -0.05) is 65.3 Å². The molecule has 0 N–H and O–H groups in total. The van der Waals surface area contributed by atoms with Crippen LogP contribution in [0, 0.1) is 5.92 Å². The van der Waals surface area contributed by atoms with Gasteiger partial charge in [-0.3, -0.25) is 4.79 Å². The van der Waals surface area contributed by atoms with Gasteiger partial charge >= 0.3 is 6.09 Å². The minimum atomic E-state index is -1.97. The van der Waals surface area contributed by atoms with Crippen molar-refractivity contribution in [2.45, 2.75) is 45.1 Å². The van der Waals surface area contributed by atoms with E-state index in [9.17, 15) is 9.59 Å². The van der Waals surface area contributed by atoms with E-state index in [0.717, 1.165) is 15.6 Å². The van der Waals surface area contributed by atoms with Gasteiger partial charge in [0.2, 0.25) is 5.91 Å². The number of carbonyl (C=O) groups is 2. The highest BCUT2D eigenvalue weighted by Crippen LogP contribution is 2.33. The number of hydrogen-bond acceptors (Lipinski definition) is 4. The molecule has 0 bridgehead atoms. The van der Waals surface area contributed by atoms with Crippen LogP contribution in [0.1, 0.15) is 24.2 Å². The van der Waals surface area contributed by atoms with Gasteiger partial charge in [0.15, 0.2) is 8.32 Å². The molecule has 160 valence electrons. The van der Waals surface area contributed by atoms with Crippen LogP contribution in [0.4, 0.5) is 4.79 Å². The molecule has 0 aromatic heterocycles. The SMILES string of the molecule is C[C@@H](C(=O)N1C(=O)OCC1Cc1ccccc1)[C@H](O[Si](C)(C)C)c1cccc(Br)c1. The number of rotatable bonds is 7. The highest BCUT2D eigenvalue weighted by Gasteiger charge is 2.42. The van der Waals surface area contributed by atoms with E-state index in [1.54, 1.807) is 0 Å². The van der Waals surface area contributed by atoms with Crippen molar-refractivity contribution in [1.29, 1.82) is 0 Å². The van der Waals surface area contributed by atoms with E-state index in [0.29, 0.717) is 6.42 Å². The van der Waals surface area contributed by atoms with E-state index in [2.05, 4.69) is 35.6 Å². The Morgan fingerprint density at radius 3 is 2.53 bits per heavy atom. The Labute approximate surface area is 187 Å². The summed E-state index contributed by atoms with van der Waals surface area (Å²) in [5, 5.41) is 0. The van der Waals surface area contributed by atoms with Gasteiger partial charge in [0.25, 0.3) is 0 Å². The molecule has 1 saturated heterocycles. The number of nitrogens with zero attached hydrogens (tertiary/aromatic N) is 1. The van der Waals surface area contributed by atoms with Crippen LogP contribution in [0.2, 0.25) is 19.6 Å². The zero-order chi connectivity index (χ0) is 21.9. The summed E-state index contributed by atoms with van der Waals surface area (Å²) in [6.07, 6.45) is -0.442. The van der Waals surface area contributed by atoms with Crippen LogP contribution >= 0.6 is 15.9 Å². The molecule has 30 heavy (non-hydrogen) atoms. The summed E-state index contributed by atoms with van der Waals surface area (Å²) in [5.41, 5.74) is 1.98. The minimum absolute atomic E-state index is 0.211. The fraction of sp³-hybridized carbons (Fsp3) is 0.391. The fourth-order valence-electron chi connectivity index (χ4n) is 3.64. The van der Waals surface area contributed by atoms with Crippen LogP contribution in [0.3, 0.4) is 0 Å². The molecule has 0 radical (unpaired) electrons. The monoisotopic (exact) mass is 489 g/mol. The maximum Gasteiger partial charge on any atom is 0.416 e. The first-order chi connectivity index (χ1) is 14.2. The van der Waals surface area contributed by atoms with Crippen molar-refractivity contribution >= 4 is 36.2 Å². The minimum Gasteiger partial charge on any atom is -0.447 e. The molecular weight excluding hydrogens is 462 g/mol. The third kappa shape index (κ3) is 5.59. The molecule has 2 aromatic rings. The zero-order valence-electron chi connectivity index (χ0n) is 17.8. The summed E-state index contributed by atoms with van der Waals surface area (Å²) in [7, 11) is -1.97. The number of carbonyl (C=O) groups excluding carboxylic acids is 2. The number of amides is 2. The molecule has 0 aliphatic carbocycles. The van der Waals surface area contributed by atoms with Crippen LogP contribution in [0.15, 0.2) is 59.1 Å². The van der Waals surface area contributed by atoms with Crippen molar-refractivity contribution in [3.05, 3.63) is 70.2 Å². The Bertz CT molecular complexity index is 900. The summed E-state index contributed by atoms with van der Waals surface area (Å²) < 4.78 is 12.6. The topological polar surface area (TPSA) is 55.8 Å². The van der Waals surface area contributed by atoms with E-state index in [1.807, 2.05) is 61.5 Å². The van der Waals surface area contributed by atoms with Crippen molar-refractivity contribution in [3.63, 3.8) is 0 Å². The molecular formula is C23H28BrNO4Si. The molecule has 1 heterocycles. The molecule has 3 atom stereocenters. The first-order valence-corrected chi connectivity index (χ1v) is 14.3. The maximum absolute atomic E-state index is 13.5. The molecule has 3 rings (SSSR count). The van der Waals surface area contributed by atoms with E-state index in [-0.39, 0.29) is 18.6 Å². The predicted molar refractivity (Wildman–Crippen MR) is 123 cm³/mol. The van der Waals surface area contributed by atoms with E-state index in [1.165, 1.54) is 4.90 Å². The largest absolute Gasteiger partial charge is 0.447 e. The smallest absolute Gasteiger partial charge is 0.416 e. The molecule has 2 aromatic carbocycles. The number of cyclic esters (lactones) is 1. The number of halogens is 1. The Morgan fingerprint density at radius 1 is 1.20 bits per heavy atom. The maximum atomic E-state index is 13.5. The number of hydrogen-bond donors (Lipinski definition) is 0. The Hall–Kier alpha value is -1.96. The lowest BCUT2D eigenvalue weighted by Crippen LogP contribution is -2.45. The number of ether oxygens (including phenoxy) is 1. The van der Waals surface area contributed by atoms with Gasteiger partial charge in [-0.05, 0) is 49.3 Å². The molecule has 0 spiro atoms. The molecule has 2 amide bonds. The van der Waals surface area contributed by atoms with Gasteiger partial charge in [0.1, 0.15) is 6.61 Å². The van der Waals surface area contributed by atoms with Crippen LogP contribution < -0.4 is 0 Å². The quantitative estimate of drug-likeness (QED) is 0.477. The average Bonchev–Trinajstić information content (AvgIpc) is 3.05. The molecule has 7 heteroatoms. The first kappa shape index (κ1) is 22.7. The van der Waals surface area contributed by atoms with Gasteiger partial charge in [-0.15, -0.1) is 0 Å². The molecule has 1 fully saturated rings. The predicted octanol–water partition coefficient (Wildman–Crippen LogP) is 5.57. The second kappa shape index (κ2) is 9.45. The van der Waals surface area contributed by atoms with E-state index in [4.69, 9.17) is 9.16 Å². The summed E-state index contributed by atoms with van der Waals surface area (Å²) in [4.78, 5) is 27.2. The van der Waals surface area contributed by atoms with Crippen LogP contribution in [0.5, 0.6) is 0 Å². The van der Waals surface area contributed by atoms with Gasteiger partial charge in [0, 0.05) is 4.47 Å². The third-order valence-corrected chi connectivity index (χ3v) is 6.47. The molecule has 1 aliphatic rings. The Kier molecular flexibility index (Phi) is 7.16. The van der Waals surface area contributed by atoms with Crippen molar-refractivity contribution < 1.29 is 18.8 Å².